The molecule has 0 spiro atoms. The Hall–Kier alpha value is -1.18. The van der Waals surface area contributed by atoms with E-state index < -0.39 is 30.6 Å². The summed E-state index contributed by atoms with van der Waals surface area (Å²) in [5, 5.41) is 32.6. The number of hydrogen-bond acceptors (Lipinski definition) is 5. The highest BCUT2D eigenvalue weighted by molar-refractivity contribution is 5.79. The van der Waals surface area contributed by atoms with Crippen molar-refractivity contribution in [2.24, 2.45) is 0 Å². The molecule has 0 saturated carbocycles. The van der Waals surface area contributed by atoms with Gasteiger partial charge in [0.15, 0.2) is 6.10 Å². The van der Waals surface area contributed by atoms with Crippen molar-refractivity contribution in [3.8, 4) is 0 Å². The fourth-order valence-electron chi connectivity index (χ4n) is 0.577. The molecule has 0 aliphatic rings. The Labute approximate surface area is 93.3 Å². The van der Waals surface area contributed by atoms with E-state index in [1.807, 2.05) is 0 Å². The second kappa shape index (κ2) is 10.3. The second-order valence-corrected chi connectivity index (χ2v) is 2.91. The monoisotopic (exact) mass is 238 g/mol. The van der Waals surface area contributed by atoms with Gasteiger partial charge in [-0.3, -0.25) is 4.79 Å². The van der Waals surface area contributed by atoms with E-state index >= 15 is 0 Å². The Bertz CT molecular complexity index is 202. The third kappa shape index (κ3) is 12.8. The predicted octanol–water partition coefficient (Wildman–Crippen LogP) is -0.690. The summed E-state index contributed by atoms with van der Waals surface area (Å²) >= 11 is 0. The number of rotatable bonds is 6. The van der Waals surface area contributed by atoms with Crippen LogP contribution < -0.4 is 0 Å². The summed E-state index contributed by atoms with van der Waals surface area (Å²) in [6.45, 7) is 3.20. The van der Waals surface area contributed by atoms with Crippen LogP contribution in [0, 0.1) is 0 Å². The second-order valence-electron chi connectivity index (χ2n) is 2.91. The van der Waals surface area contributed by atoms with Crippen molar-refractivity contribution in [3.63, 3.8) is 0 Å². The molecular formula is C9H18O7. The average Bonchev–Trinajstić information content (AvgIpc) is 2.17. The van der Waals surface area contributed by atoms with Crippen molar-refractivity contribution in [1.29, 1.82) is 0 Å². The molecule has 0 radical (unpaired) electrons. The molecule has 7 heteroatoms. The van der Waals surface area contributed by atoms with Crippen LogP contribution in [0.4, 0.5) is 0 Å². The molecule has 96 valence electrons. The molecule has 0 heterocycles. The van der Waals surface area contributed by atoms with Crippen LogP contribution in [0.2, 0.25) is 0 Å². The van der Waals surface area contributed by atoms with Gasteiger partial charge >= 0.3 is 11.9 Å². The molecule has 2 atom stereocenters. The lowest BCUT2D eigenvalue weighted by Crippen LogP contribution is -2.26. The molecule has 0 aliphatic heterocycles. The molecular weight excluding hydrogens is 220 g/mol. The van der Waals surface area contributed by atoms with Crippen LogP contribution in [0.1, 0.15) is 20.3 Å². The van der Waals surface area contributed by atoms with Crippen molar-refractivity contribution in [1.82, 2.24) is 0 Å². The van der Waals surface area contributed by atoms with Gasteiger partial charge in [-0.2, -0.15) is 0 Å². The normalized spacial score (nSPS) is 13.2. The number of aliphatic hydroxyl groups excluding tert-OH is 2. The molecule has 4 N–H and O–H groups in total. The Balaban J connectivity index is 0. The number of carboxylic acid groups (broad SMARTS) is 2. The fourth-order valence-corrected chi connectivity index (χ4v) is 0.577. The van der Waals surface area contributed by atoms with Crippen molar-refractivity contribution in [2.45, 2.75) is 32.5 Å². The molecule has 0 aliphatic carbocycles. The van der Waals surface area contributed by atoms with Crippen LogP contribution in [0.5, 0.6) is 0 Å². The maximum Gasteiger partial charge on any atom is 0.333 e. The van der Waals surface area contributed by atoms with Crippen molar-refractivity contribution in [2.75, 3.05) is 13.2 Å². The van der Waals surface area contributed by atoms with E-state index in [2.05, 4.69) is 4.74 Å². The first-order valence-electron chi connectivity index (χ1n) is 4.70. The minimum absolute atomic E-state index is 0.139. The molecule has 0 rings (SSSR count). The van der Waals surface area contributed by atoms with E-state index in [-0.39, 0.29) is 13.2 Å². The highest BCUT2D eigenvalue weighted by Gasteiger charge is 2.20. The van der Waals surface area contributed by atoms with E-state index in [0.29, 0.717) is 0 Å². The van der Waals surface area contributed by atoms with Crippen LogP contribution in [0.25, 0.3) is 0 Å². The van der Waals surface area contributed by atoms with Crippen molar-refractivity contribution >= 4 is 11.9 Å². The highest BCUT2D eigenvalue weighted by atomic mass is 16.5. The first-order valence-corrected chi connectivity index (χ1v) is 4.70. The first-order chi connectivity index (χ1) is 7.34. The lowest BCUT2D eigenvalue weighted by Gasteiger charge is -2.08. The summed E-state index contributed by atoms with van der Waals surface area (Å²) in [5.74, 6) is -2.42. The smallest absolute Gasteiger partial charge is 0.333 e. The van der Waals surface area contributed by atoms with Crippen LogP contribution in [-0.2, 0) is 14.3 Å². The average molecular weight is 238 g/mol. The number of carbonyl (C=O) groups is 2. The summed E-state index contributed by atoms with van der Waals surface area (Å²) < 4.78 is 4.63. The Kier molecular flexibility index (Phi) is 11.1. The fraction of sp³-hybridized carbons (Fsp3) is 0.778. The lowest BCUT2D eigenvalue weighted by atomic mass is 10.2. The van der Waals surface area contributed by atoms with E-state index in [0.717, 1.165) is 0 Å². The topological polar surface area (TPSA) is 124 Å². The van der Waals surface area contributed by atoms with Gasteiger partial charge in [0.25, 0.3) is 0 Å². The van der Waals surface area contributed by atoms with Gasteiger partial charge in [-0.15, -0.1) is 0 Å². The predicted molar refractivity (Wildman–Crippen MR) is 54.1 cm³/mol. The molecule has 0 fully saturated rings. The Morgan fingerprint density at radius 3 is 1.94 bits per heavy atom. The van der Waals surface area contributed by atoms with Gasteiger partial charge < -0.3 is 25.2 Å². The van der Waals surface area contributed by atoms with Gasteiger partial charge in [-0.05, 0) is 13.8 Å². The molecule has 0 aromatic heterocycles. The largest absolute Gasteiger partial charge is 0.481 e. The maximum absolute atomic E-state index is 10.2. The van der Waals surface area contributed by atoms with E-state index in [1.54, 1.807) is 6.92 Å². The SMILES string of the molecule is CC(O)CO.CCOC(CC(=O)O)C(=O)O. The van der Waals surface area contributed by atoms with Crippen LogP contribution >= 0.6 is 0 Å². The summed E-state index contributed by atoms with van der Waals surface area (Å²) in [6, 6.07) is 0. The van der Waals surface area contributed by atoms with Gasteiger partial charge in [0.2, 0.25) is 0 Å². The van der Waals surface area contributed by atoms with E-state index in [4.69, 9.17) is 20.4 Å². The third-order valence-electron chi connectivity index (χ3n) is 1.27. The summed E-state index contributed by atoms with van der Waals surface area (Å²) in [4.78, 5) is 20.3. The zero-order valence-corrected chi connectivity index (χ0v) is 9.29. The molecule has 2 unspecified atom stereocenters. The van der Waals surface area contributed by atoms with Gasteiger partial charge in [-0.25, -0.2) is 4.79 Å². The molecule has 0 saturated heterocycles. The molecule has 0 aromatic carbocycles. The zero-order valence-electron chi connectivity index (χ0n) is 9.29. The Morgan fingerprint density at radius 1 is 1.31 bits per heavy atom. The molecule has 16 heavy (non-hydrogen) atoms. The van der Waals surface area contributed by atoms with Crippen molar-refractivity contribution in [3.05, 3.63) is 0 Å². The quantitative estimate of drug-likeness (QED) is 0.482. The van der Waals surface area contributed by atoms with Crippen LogP contribution in [-0.4, -0.2) is 57.8 Å². The number of aliphatic carboxylic acids is 2. The van der Waals surface area contributed by atoms with Gasteiger partial charge in [0, 0.05) is 6.61 Å². The summed E-state index contributed by atoms with van der Waals surface area (Å²) in [6.07, 6.45) is -2.28. The minimum atomic E-state index is -1.24. The minimum Gasteiger partial charge on any atom is -0.481 e. The summed E-state index contributed by atoms with van der Waals surface area (Å²) in [5.41, 5.74) is 0. The van der Waals surface area contributed by atoms with E-state index in [9.17, 15) is 9.59 Å². The first kappa shape index (κ1) is 17.2. The number of aliphatic hydroxyl groups is 2. The van der Waals surface area contributed by atoms with Gasteiger partial charge in [0.1, 0.15) is 0 Å². The molecule has 7 nitrogen and oxygen atoms in total. The highest BCUT2D eigenvalue weighted by Crippen LogP contribution is 1.98. The Morgan fingerprint density at radius 2 is 1.75 bits per heavy atom. The van der Waals surface area contributed by atoms with Gasteiger partial charge in [0.05, 0.1) is 19.1 Å². The lowest BCUT2D eigenvalue weighted by molar-refractivity contribution is -0.156. The standard InChI is InChI=1S/C6H10O5.C3H8O2/c1-2-11-4(6(9)10)3-5(7)8;1-3(5)2-4/h4H,2-3H2,1H3,(H,7,8)(H,9,10);3-5H,2H2,1H3. The summed E-state index contributed by atoms with van der Waals surface area (Å²) in [7, 11) is 0. The molecule has 0 aromatic rings. The van der Waals surface area contributed by atoms with E-state index in [1.165, 1.54) is 6.92 Å². The number of carboxylic acids is 2. The maximum atomic E-state index is 10.2. The third-order valence-corrected chi connectivity index (χ3v) is 1.27. The molecule has 0 bridgehead atoms. The number of ether oxygens (including phenoxy) is 1. The van der Waals surface area contributed by atoms with Crippen LogP contribution in [0.15, 0.2) is 0 Å². The molecule has 0 amide bonds. The van der Waals surface area contributed by atoms with Crippen LogP contribution in [0.3, 0.4) is 0 Å². The number of hydrogen-bond donors (Lipinski definition) is 4. The van der Waals surface area contributed by atoms with Gasteiger partial charge in [-0.1, -0.05) is 0 Å². The zero-order chi connectivity index (χ0) is 13.1. The van der Waals surface area contributed by atoms with Crippen molar-refractivity contribution < 1.29 is 34.8 Å².